The second-order valence-electron chi connectivity index (χ2n) is 8.76. The Labute approximate surface area is 191 Å². The van der Waals surface area contributed by atoms with Crippen LogP contribution in [0.1, 0.15) is 57.9 Å². The molecule has 0 aliphatic carbocycles. The highest BCUT2D eigenvalue weighted by molar-refractivity contribution is 5.69. The lowest BCUT2D eigenvalue weighted by atomic mass is 10.0. The van der Waals surface area contributed by atoms with Gasteiger partial charge in [-0.2, -0.15) is 0 Å². The average Bonchev–Trinajstić information content (AvgIpc) is 3.25. The molecule has 6 nitrogen and oxygen atoms in total. The van der Waals surface area contributed by atoms with Crippen LogP contribution in [-0.2, 0) is 35.1 Å². The summed E-state index contributed by atoms with van der Waals surface area (Å²) in [5.74, 6) is -0.986. The molecule has 1 aromatic carbocycles. The number of fused-ring (bicyclic) bond motifs is 1. The van der Waals surface area contributed by atoms with E-state index >= 15 is 0 Å². The lowest BCUT2D eigenvalue weighted by Gasteiger charge is -2.31. The molecule has 0 bridgehead atoms. The van der Waals surface area contributed by atoms with Crippen molar-refractivity contribution in [3.05, 3.63) is 61.2 Å². The third kappa shape index (κ3) is 6.75. The van der Waals surface area contributed by atoms with Crippen molar-refractivity contribution in [2.24, 2.45) is 0 Å². The van der Waals surface area contributed by atoms with Gasteiger partial charge in [-0.1, -0.05) is 42.5 Å². The Balaban J connectivity index is 1.70. The minimum Gasteiger partial charge on any atom is -0.459 e. The van der Waals surface area contributed by atoms with Gasteiger partial charge in [-0.3, -0.25) is 4.79 Å². The summed E-state index contributed by atoms with van der Waals surface area (Å²) in [5.41, 5.74) is 1.05. The van der Waals surface area contributed by atoms with Crippen LogP contribution in [0.4, 0.5) is 0 Å². The zero-order valence-corrected chi connectivity index (χ0v) is 19.2. The smallest absolute Gasteiger partial charge is 0.306 e. The molecule has 2 saturated heterocycles. The number of hydrogen-bond acceptors (Lipinski definition) is 6. The minimum atomic E-state index is -0.757. The molecule has 0 N–H and O–H groups in total. The molecule has 6 heteroatoms. The highest BCUT2D eigenvalue weighted by Gasteiger charge is 2.57. The van der Waals surface area contributed by atoms with Gasteiger partial charge in [0, 0.05) is 6.42 Å². The number of allylic oxidation sites excluding steroid dienone is 2. The van der Waals surface area contributed by atoms with Gasteiger partial charge in [0.1, 0.15) is 24.4 Å². The molecule has 1 aromatic rings. The fourth-order valence-corrected chi connectivity index (χ4v) is 4.12. The fraction of sp³-hybridized carbons (Fsp3) is 0.577. The first kappa shape index (κ1) is 24.6. The Kier molecular flexibility index (Phi) is 9.05. The lowest BCUT2D eigenvalue weighted by Crippen LogP contribution is -2.44. The van der Waals surface area contributed by atoms with E-state index in [2.05, 4.69) is 13.2 Å². The zero-order chi connectivity index (χ0) is 23.0. The van der Waals surface area contributed by atoms with Crippen LogP contribution in [0.15, 0.2) is 55.6 Å². The summed E-state index contributed by atoms with van der Waals surface area (Å²) >= 11 is 0. The Morgan fingerprint density at radius 3 is 2.59 bits per heavy atom. The molecule has 2 aliphatic heterocycles. The number of rotatable bonds is 13. The third-order valence-corrected chi connectivity index (χ3v) is 5.66. The molecule has 0 spiro atoms. The summed E-state index contributed by atoms with van der Waals surface area (Å²) in [6, 6.07) is 9.94. The number of unbranched alkanes of at least 4 members (excludes halogenated alkanes) is 2. The maximum Gasteiger partial charge on any atom is 0.306 e. The molecular weight excluding hydrogens is 408 g/mol. The normalized spacial score (nSPS) is 26.9. The predicted octanol–water partition coefficient (Wildman–Crippen LogP) is 5.07. The standard InChI is InChI=1S/C26H36O6/c1-5-7-9-13-17-21(27)29-20(16-8-6-2)22-23(28-18-19-14-11-10-12-15-19)24-25(30-22)32-26(3,4)31-24/h5-6,10-12,14-15,20,22-25H,1-2,7-9,13,16-18H2,3-4H3/t20-,22+,23-,24+,25+/m0/s1. The molecule has 5 atom stereocenters. The SMILES string of the molecule is C=CCCCCC(=O)O[C@@H](CCC=C)[C@H]1O[C@@H]2OC(C)(C)O[C@@H]2[C@H]1OCc1ccccc1. The Morgan fingerprint density at radius 2 is 1.88 bits per heavy atom. The summed E-state index contributed by atoms with van der Waals surface area (Å²) in [6.45, 7) is 11.6. The van der Waals surface area contributed by atoms with Crippen LogP contribution in [-0.4, -0.2) is 42.5 Å². The molecule has 3 rings (SSSR count). The van der Waals surface area contributed by atoms with Crippen LogP contribution >= 0.6 is 0 Å². The van der Waals surface area contributed by atoms with Crippen molar-refractivity contribution in [3.8, 4) is 0 Å². The summed E-state index contributed by atoms with van der Waals surface area (Å²) in [6.07, 6.45) is 5.58. The van der Waals surface area contributed by atoms with Gasteiger partial charge in [0.15, 0.2) is 12.1 Å². The van der Waals surface area contributed by atoms with E-state index < -0.39 is 36.5 Å². The van der Waals surface area contributed by atoms with Crippen LogP contribution in [0.25, 0.3) is 0 Å². The summed E-state index contributed by atoms with van der Waals surface area (Å²) in [4.78, 5) is 12.5. The van der Waals surface area contributed by atoms with Crippen LogP contribution in [0.5, 0.6) is 0 Å². The molecule has 2 fully saturated rings. The second kappa shape index (κ2) is 11.8. The van der Waals surface area contributed by atoms with Gasteiger partial charge < -0.3 is 23.7 Å². The quantitative estimate of drug-likeness (QED) is 0.240. The maximum absolute atomic E-state index is 12.5. The molecule has 0 saturated carbocycles. The highest BCUT2D eigenvalue weighted by Crippen LogP contribution is 2.41. The molecule has 0 radical (unpaired) electrons. The number of esters is 1. The van der Waals surface area contributed by atoms with Gasteiger partial charge in [-0.05, 0) is 51.5 Å². The minimum absolute atomic E-state index is 0.229. The van der Waals surface area contributed by atoms with Crippen LogP contribution in [0.2, 0.25) is 0 Å². The molecule has 0 aromatic heterocycles. The van der Waals surface area contributed by atoms with E-state index in [0.717, 1.165) is 24.8 Å². The molecule has 0 amide bonds. The monoisotopic (exact) mass is 444 g/mol. The maximum atomic E-state index is 12.5. The molecule has 0 unspecified atom stereocenters. The number of ether oxygens (including phenoxy) is 5. The predicted molar refractivity (Wildman–Crippen MR) is 122 cm³/mol. The number of hydrogen-bond donors (Lipinski definition) is 0. The number of carbonyl (C=O) groups excluding carboxylic acids is 1. The van der Waals surface area contributed by atoms with E-state index in [9.17, 15) is 4.79 Å². The van der Waals surface area contributed by atoms with Crippen LogP contribution in [0.3, 0.4) is 0 Å². The first-order valence-corrected chi connectivity index (χ1v) is 11.5. The summed E-state index contributed by atoms with van der Waals surface area (Å²) in [5, 5.41) is 0. The van der Waals surface area contributed by atoms with Crippen molar-refractivity contribution in [2.75, 3.05) is 0 Å². The van der Waals surface area contributed by atoms with Crippen molar-refractivity contribution in [1.29, 1.82) is 0 Å². The van der Waals surface area contributed by atoms with Gasteiger partial charge in [-0.15, -0.1) is 13.2 Å². The Bertz CT molecular complexity index is 746. The van der Waals surface area contributed by atoms with Gasteiger partial charge >= 0.3 is 5.97 Å². The van der Waals surface area contributed by atoms with Crippen molar-refractivity contribution in [2.45, 2.75) is 95.5 Å². The van der Waals surface area contributed by atoms with E-state index in [1.807, 2.05) is 56.3 Å². The van der Waals surface area contributed by atoms with E-state index in [1.54, 1.807) is 0 Å². The van der Waals surface area contributed by atoms with Gasteiger partial charge in [-0.25, -0.2) is 0 Å². The summed E-state index contributed by atoms with van der Waals surface area (Å²) < 4.78 is 30.5. The molecule has 32 heavy (non-hydrogen) atoms. The van der Waals surface area contributed by atoms with Gasteiger partial charge in [0.2, 0.25) is 0 Å². The highest BCUT2D eigenvalue weighted by atomic mass is 16.8. The average molecular weight is 445 g/mol. The largest absolute Gasteiger partial charge is 0.459 e. The second-order valence-corrected chi connectivity index (χ2v) is 8.76. The first-order chi connectivity index (χ1) is 15.4. The van der Waals surface area contributed by atoms with Gasteiger partial charge in [0.25, 0.3) is 0 Å². The Morgan fingerprint density at radius 1 is 1.12 bits per heavy atom. The van der Waals surface area contributed by atoms with E-state index in [4.69, 9.17) is 23.7 Å². The molecule has 2 aliphatic rings. The number of carbonyl (C=O) groups is 1. The Hall–Kier alpha value is -1.99. The van der Waals surface area contributed by atoms with Crippen LogP contribution < -0.4 is 0 Å². The van der Waals surface area contributed by atoms with Gasteiger partial charge in [0.05, 0.1) is 6.61 Å². The third-order valence-electron chi connectivity index (χ3n) is 5.66. The van der Waals surface area contributed by atoms with E-state index in [-0.39, 0.29) is 5.97 Å². The lowest BCUT2D eigenvalue weighted by molar-refractivity contribution is -0.233. The van der Waals surface area contributed by atoms with E-state index in [1.165, 1.54) is 0 Å². The molecule has 176 valence electrons. The van der Waals surface area contributed by atoms with Crippen molar-refractivity contribution in [1.82, 2.24) is 0 Å². The van der Waals surface area contributed by atoms with E-state index in [0.29, 0.717) is 25.9 Å². The first-order valence-electron chi connectivity index (χ1n) is 11.5. The van der Waals surface area contributed by atoms with Crippen LogP contribution in [0, 0.1) is 0 Å². The van der Waals surface area contributed by atoms with Crippen molar-refractivity contribution in [3.63, 3.8) is 0 Å². The zero-order valence-electron chi connectivity index (χ0n) is 19.2. The fourth-order valence-electron chi connectivity index (χ4n) is 4.12. The molecular formula is C26H36O6. The molecule has 2 heterocycles. The topological polar surface area (TPSA) is 63.2 Å². The van der Waals surface area contributed by atoms with Crippen molar-refractivity contribution >= 4 is 5.97 Å². The van der Waals surface area contributed by atoms with Crippen molar-refractivity contribution < 1.29 is 28.5 Å². The summed E-state index contributed by atoms with van der Waals surface area (Å²) in [7, 11) is 0. The number of benzene rings is 1.